The maximum Gasteiger partial charge on any atom is 0.308 e. The molecule has 3 heterocycles. The predicted molar refractivity (Wildman–Crippen MR) is 136 cm³/mol. The fraction of sp³-hybridized carbons (Fsp3) is 0.593. The minimum atomic E-state index is -0.982. The van der Waals surface area contributed by atoms with Crippen LogP contribution in [0.5, 0.6) is 0 Å². The Bertz CT molecular complexity index is 1000. The number of aliphatic carboxylic acids is 1. The van der Waals surface area contributed by atoms with E-state index in [1.807, 2.05) is 51.1 Å². The van der Waals surface area contributed by atoms with Crippen molar-refractivity contribution in [2.45, 2.75) is 68.2 Å². The molecule has 1 spiro atoms. The first-order valence-corrected chi connectivity index (χ1v) is 13.3. The lowest BCUT2D eigenvalue weighted by atomic mass is 9.66. The van der Waals surface area contributed by atoms with Crippen LogP contribution in [0, 0.1) is 17.8 Å². The molecular weight excluding hydrogens is 464 g/mol. The second-order valence-corrected chi connectivity index (χ2v) is 12.3. The number of thioether (sulfide) groups is 1. The number of benzene rings is 1. The summed E-state index contributed by atoms with van der Waals surface area (Å²) in [7, 11) is 0. The molecule has 0 radical (unpaired) electrons. The molecule has 2 unspecified atom stereocenters. The Morgan fingerprint density at radius 1 is 1.31 bits per heavy atom. The number of carboxylic acid groups (broad SMARTS) is 1. The number of carbonyl (C=O) groups is 3. The van der Waals surface area contributed by atoms with E-state index in [2.05, 4.69) is 6.58 Å². The standard InChI is InChI=1S/C27H36N2O5S/c1-5-14-28(15-18-10-8-7-9-11-18)24(32)22-27-13-12-26(4,35-27)21(25(33)34)20(27)23(31)29(22)19(16-30)17(3)6-2/h5,7-11,17,19-22,30H,1,6,12-16H2,2-4H3,(H,33,34)/t17-,19-,20-,21+,22?,26-,27?/m0/s1. The van der Waals surface area contributed by atoms with E-state index in [4.69, 9.17) is 0 Å². The van der Waals surface area contributed by atoms with Crippen molar-refractivity contribution in [1.29, 1.82) is 0 Å². The number of rotatable bonds is 10. The molecule has 1 aromatic carbocycles. The van der Waals surface area contributed by atoms with Crippen LogP contribution in [0.25, 0.3) is 0 Å². The van der Waals surface area contributed by atoms with Gasteiger partial charge in [0, 0.05) is 17.8 Å². The molecule has 35 heavy (non-hydrogen) atoms. The third kappa shape index (κ3) is 3.99. The number of fused-ring (bicyclic) bond motifs is 1. The Kier molecular flexibility index (Phi) is 7.08. The van der Waals surface area contributed by atoms with Crippen LogP contribution >= 0.6 is 11.8 Å². The molecule has 3 aliphatic heterocycles. The number of aliphatic hydroxyl groups is 1. The molecule has 1 aromatic rings. The molecule has 2 amide bonds. The summed E-state index contributed by atoms with van der Waals surface area (Å²) in [6.45, 7) is 10.1. The van der Waals surface area contributed by atoms with E-state index in [-0.39, 0.29) is 24.3 Å². The Labute approximate surface area is 211 Å². The van der Waals surface area contributed by atoms with Crippen LogP contribution in [0.1, 0.15) is 45.6 Å². The van der Waals surface area contributed by atoms with Crippen LogP contribution in [0.4, 0.5) is 0 Å². The van der Waals surface area contributed by atoms with E-state index in [9.17, 15) is 24.6 Å². The molecule has 3 aliphatic rings. The van der Waals surface area contributed by atoms with Gasteiger partial charge in [-0.05, 0) is 31.2 Å². The number of hydrogen-bond donors (Lipinski definition) is 2. The van der Waals surface area contributed by atoms with E-state index in [1.165, 1.54) is 11.8 Å². The quantitative estimate of drug-likeness (QED) is 0.479. The van der Waals surface area contributed by atoms with Gasteiger partial charge in [-0.25, -0.2) is 0 Å². The van der Waals surface area contributed by atoms with Gasteiger partial charge >= 0.3 is 5.97 Å². The van der Waals surface area contributed by atoms with Gasteiger partial charge in [-0.3, -0.25) is 14.4 Å². The van der Waals surface area contributed by atoms with Gasteiger partial charge in [0.1, 0.15) is 6.04 Å². The molecule has 2 N–H and O–H groups in total. The van der Waals surface area contributed by atoms with Gasteiger partial charge in [-0.1, -0.05) is 56.7 Å². The van der Waals surface area contributed by atoms with Gasteiger partial charge in [0.25, 0.3) is 0 Å². The highest BCUT2D eigenvalue weighted by molar-refractivity contribution is 8.02. The van der Waals surface area contributed by atoms with Crippen LogP contribution in [-0.4, -0.2) is 72.5 Å². The predicted octanol–water partition coefficient (Wildman–Crippen LogP) is 3.17. The third-order valence-corrected chi connectivity index (χ3v) is 10.4. The van der Waals surface area contributed by atoms with Crippen molar-refractivity contribution in [1.82, 2.24) is 9.80 Å². The van der Waals surface area contributed by atoms with Gasteiger partial charge in [-0.2, -0.15) is 0 Å². The van der Waals surface area contributed by atoms with Gasteiger partial charge < -0.3 is 20.0 Å². The summed E-state index contributed by atoms with van der Waals surface area (Å²) in [5, 5.41) is 20.6. The molecule has 8 heteroatoms. The zero-order chi connectivity index (χ0) is 25.5. The van der Waals surface area contributed by atoms with Crippen LogP contribution in [0.2, 0.25) is 0 Å². The minimum Gasteiger partial charge on any atom is -0.481 e. The van der Waals surface area contributed by atoms with E-state index in [0.29, 0.717) is 25.9 Å². The molecular formula is C27H36N2O5S. The summed E-state index contributed by atoms with van der Waals surface area (Å²) in [5.74, 6) is -3.16. The van der Waals surface area contributed by atoms with E-state index in [1.54, 1.807) is 15.9 Å². The maximum absolute atomic E-state index is 14.4. The van der Waals surface area contributed by atoms with Crippen molar-refractivity contribution in [3.05, 3.63) is 48.6 Å². The van der Waals surface area contributed by atoms with Crippen LogP contribution < -0.4 is 0 Å². The first-order chi connectivity index (χ1) is 16.6. The average molecular weight is 501 g/mol. The summed E-state index contributed by atoms with van der Waals surface area (Å²) < 4.78 is -1.41. The fourth-order valence-corrected chi connectivity index (χ4v) is 8.89. The smallest absolute Gasteiger partial charge is 0.308 e. The molecule has 2 bridgehead atoms. The summed E-state index contributed by atoms with van der Waals surface area (Å²) in [4.78, 5) is 44.1. The largest absolute Gasteiger partial charge is 0.481 e. The fourth-order valence-electron chi connectivity index (χ4n) is 6.56. The van der Waals surface area contributed by atoms with Crippen LogP contribution in [-0.2, 0) is 20.9 Å². The summed E-state index contributed by atoms with van der Waals surface area (Å²) >= 11 is 1.52. The highest BCUT2D eigenvalue weighted by atomic mass is 32.2. The first-order valence-electron chi connectivity index (χ1n) is 12.4. The maximum atomic E-state index is 14.4. The molecule has 0 saturated carbocycles. The van der Waals surface area contributed by atoms with Crippen molar-refractivity contribution < 1.29 is 24.6 Å². The molecule has 7 atom stereocenters. The minimum absolute atomic E-state index is 0.0440. The van der Waals surface area contributed by atoms with Crippen molar-refractivity contribution in [2.75, 3.05) is 13.2 Å². The lowest BCUT2D eigenvalue weighted by molar-refractivity contribution is -0.151. The van der Waals surface area contributed by atoms with Crippen LogP contribution in [0.3, 0.4) is 0 Å². The highest BCUT2D eigenvalue weighted by Gasteiger charge is 2.78. The zero-order valence-electron chi connectivity index (χ0n) is 20.7. The Hall–Kier alpha value is -2.32. The van der Waals surface area contributed by atoms with Gasteiger partial charge in [0.2, 0.25) is 11.8 Å². The molecule has 7 nitrogen and oxygen atoms in total. The molecule has 190 valence electrons. The van der Waals surface area contributed by atoms with Crippen molar-refractivity contribution in [3.63, 3.8) is 0 Å². The second-order valence-electron chi connectivity index (χ2n) is 10.4. The summed E-state index contributed by atoms with van der Waals surface area (Å²) in [6.07, 6.45) is 3.65. The third-order valence-electron chi connectivity index (χ3n) is 8.44. The van der Waals surface area contributed by atoms with Crippen molar-refractivity contribution in [2.24, 2.45) is 17.8 Å². The summed E-state index contributed by atoms with van der Waals surface area (Å²) in [6, 6.07) is 8.29. The number of carboxylic acids is 1. The van der Waals surface area contributed by atoms with Gasteiger partial charge in [0.05, 0.1) is 29.2 Å². The van der Waals surface area contributed by atoms with Crippen molar-refractivity contribution in [3.8, 4) is 0 Å². The number of hydrogen-bond acceptors (Lipinski definition) is 5. The first kappa shape index (κ1) is 25.8. The molecule has 0 aliphatic carbocycles. The topological polar surface area (TPSA) is 98.2 Å². The summed E-state index contributed by atoms with van der Waals surface area (Å²) in [5.41, 5.74) is 0.965. The number of nitrogens with zero attached hydrogens (tertiary/aromatic N) is 2. The number of aliphatic hydroxyl groups excluding tert-OH is 1. The number of amides is 2. The highest BCUT2D eigenvalue weighted by Crippen LogP contribution is 2.71. The number of likely N-dealkylation sites (tertiary alicyclic amines) is 1. The Balaban J connectivity index is 1.81. The van der Waals surface area contributed by atoms with Crippen LogP contribution in [0.15, 0.2) is 43.0 Å². The SMILES string of the molecule is C=CCN(Cc1ccccc1)C(=O)C1N([C@@H](CO)[C@@H](C)CC)C(=O)[C@@H]2[C@H](C(=O)O)[C@]3(C)CCC12S3. The lowest BCUT2D eigenvalue weighted by Gasteiger charge is -2.41. The van der Waals surface area contributed by atoms with E-state index < -0.39 is 39.4 Å². The Morgan fingerprint density at radius 2 is 2.00 bits per heavy atom. The van der Waals surface area contributed by atoms with Crippen molar-refractivity contribution >= 4 is 29.5 Å². The molecule has 4 rings (SSSR count). The normalized spacial score (nSPS) is 32.9. The average Bonchev–Trinajstić information content (AvgIpc) is 3.40. The van der Waals surface area contributed by atoms with Gasteiger partial charge in [0.15, 0.2) is 0 Å². The number of carbonyl (C=O) groups excluding carboxylic acids is 2. The monoisotopic (exact) mass is 500 g/mol. The van der Waals surface area contributed by atoms with E-state index >= 15 is 0 Å². The van der Waals surface area contributed by atoms with Gasteiger partial charge in [-0.15, -0.1) is 18.3 Å². The second kappa shape index (κ2) is 9.62. The Morgan fingerprint density at radius 3 is 2.57 bits per heavy atom. The lowest BCUT2D eigenvalue weighted by Crippen LogP contribution is -2.58. The molecule has 3 fully saturated rings. The zero-order valence-corrected chi connectivity index (χ0v) is 21.5. The van der Waals surface area contributed by atoms with E-state index in [0.717, 1.165) is 12.0 Å². The molecule has 0 aromatic heterocycles. The molecule has 3 saturated heterocycles.